The number of rotatable bonds is 8. The molecule has 166 valence electrons. The molecule has 3 rings (SSSR count). The van der Waals surface area contributed by atoms with E-state index in [2.05, 4.69) is 5.32 Å². The molecule has 3 amide bonds. The predicted octanol–water partition coefficient (Wildman–Crippen LogP) is 2.69. The molecule has 0 saturated heterocycles. The lowest BCUT2D eigenvalue weighted by Crippen LogP contribution is -2.47. The number of hydrazone groups is 1. The number of ether oxygens (including phenoxy) is 1. The van der Waals surface area contributed by atoms with Crippen LogP contribution in [0.1, 0.15) is 36.2 Å². The van der Waals surface area contributed by atoms with Gasteiger partial charge in [0.1, 0.15) is 6.54 Å². The SMILES string of the molecule is CCNC(=O)N(CCOC)CC(=O)N1N=C(c2cccn2C)C[C@H]1c1ccc(C)cc1. The third-order valence-corrected chi connectivity index (χ3v) is 5.37. The van der Waals surface area contributed by atoms with Crippen molar-refractivity contribution in [2.24, 2.45) is 12.1 Å². The lowest BCUT2D eigenvalue weighted by Gasteiger charge is -2.27. The summed E-state index contributed by atoms with van der Waals surface area (Å²) in [5.41, 5.74) is 4.01. The van der Waals surface area contributed by atoms with E-state index in [-0.39, 0.29) is 24.5 Å². The lowest BCUT2D eigenvalue weighted by molar-refractivity contribution is -0.133. The summed E-state index contributed by atoms with van der Waals surface area (Å²) in [6.45, 7) is 4.98. The molecule has 1 aromatic heterocycles. The van der Waals surface area contributed by atoms with Crippen LogP contribution in [0.15, 0.2) is 47.7 Å². The van der Waals surface area contributed by atoms with Gasteiger partial charge in [0.15, 0.2) is 0 Å². The minimum absolute atomic E-state index is 0.0680. The van der Waals surface area contributed by atoms with E-state index in [1.165, 1.54) is 9.91 Å². The van der Waals surface area contributed by atoms with Crippen molar-refractivity contribution in [2.75, 3.05) is 33.4 Å². The number of urea groups is 1. The molecule has 0 fully saturated rings. The third kappa shape index (κ3) is 5.32. The Kier molecular flexibility index (Phi) is 7.46. The van der Waals surface area contributed by atoms with Crippen LogP contribution in [0, 0.1) is 6.92 Å². The first kappa shape index (κ1) is 22.6. The first-order valence-corrected chi connectivity index (χ1v) is 10.5. The van der Waals surface area contributed by atoms with Gasteiger partial charge in [-0.05, 0) is 31.5 Å². The van der Waals surface area contributed by atoms with Crippen LogP contribution in [0.4, 0.5) is 4.79 Å². The smallest absolute Gasteiger partial charge is 0.317 e. The molecule has 1 aliphatic heterocycles. The normalized spacial score (nSPS) is 15.7. The minimum atomic E-state index is -0.286. The molecule has 1 N–H and O–H groups in total. The van der Waals surface area contributed by atoms with Crippen molar-refractivity contribution in [2.45, 2.75) is 26.3 Å². The second-order valence-electron chi connectivity index (χ2n) is 7.67. The standard InChI is InChI=1S/C23H31N5O3/c1-5-24-23(30)27(13-14-31-4)16-22(29)28-21(18-10-8-17(2)9-11-18)15-19(25-28)20-7-6-12-26(20)3/h6-12,21H,5,13-16H2,1-4H3,(H,24,30)/t21-/m0/s1. The summed E-state index contributed by atoms with van der Waals surface area (Å²) >= 11 is 0. The molecule has 0 aliphatic carbocycles. The number of nitrogens with one attached hydrogen (secondary N) is 1. The number of benzene rings is 1. The van der Waals surface area contributed by atoms with Crippen molar-refractivity contribution in [3.05, 3.63) is 59.4 Å². The van der Waals surface area contributed by atoms with Gasteiger partial charge in [-0.1, -0.05) is 29.8 Å². The van der Waals surface area contributed by atoms with Gasteiger partial charge in [-0.15, -0.1) is 0 Å². The molecule has 1 atom stereocenters. The maximum Gasteiger partial charge on any atom is 0.317 e. The molecule has 0 radical (unpaired) electrons. The van der Waals surface area contributed by atoms with Crippen molar-refractivity contribution in [1.82, 2.24) is 19.8 Å². The summed E-state index contributed by atoms with van der Waals surface area (Å²) in [6.07, 6.45) is 2.58. The molecule has 0 saturated carbocycles. The molecular weight excluding hydrogens is 394 g/mol. The third-order valence-electron chi connectivity index (χ3n) is 5.37. The predicted molar refractivity (Wildman–Crippen MR) is 120 cm³/mol. The number of hydrogen-bond donors (Lipinski definition) is 1. The average molecular weight is 426 g/mol. The van der Waals surface area contributed by atoms with Gasteiger partial charge in [0.2, 0.25) is 0 Å². The van der Waals surface area contributed by atoms with Gasteiger partial charge in [-0.25, -0.2) is 9.80 Å². The average Bonchev–Trinajstić information content (AvgIpc) is 3.38. The Balaban J connectivity index is 1.87. The fraction of sp³-hybridized carbons (Fsp3) is 0.435. The summed E-state index contributed by atoms with van der Waals surface area (Å²) in [4.78, 5) is 27.2. The highest BCUT2D eigenvalue weighted by molar-refractivity contribution is 6.02. The maximum absolute atomic E-state index is 13.3. The number of aryl methyl sites for hydroxylation is 2. The molecule has 0 unspecified atom stereocenters. The Bertz CT molecular complexity index is 935. The van der Waals surface area contributed by atoms with Crippen molar-refractivity contribution in [3.63, 3.8) is 0 Å². The van der Waals surface area contributed by atoms with Crippen LogP contribution in [0.5, 0.6) is 0 Å². The number of carbonyl (C=O) groups is 2. The molecule has 2 aromatic rings. The molecule has 1 aliphatic rings. The molecule has 1 aromatic carbocycles. The van der Waals surface area contributed by atoms with Crippen LogP contribution in [0.3, 0.4) is 0 Å². The van der Waals surface area contributed by atoms with Crippen LogP contribution in [0.2, 0.25) is 0 Å². The minimum Gasteiger partial charge on any atom is -0.383 e. The van der Waals surface area contributed by atoms with Crippen molar-refractivity contribution < 1.29 is 14.3 Å². The Hall–Kier alpha value is -3.13. The lowest BCUT2D eigenvalue weighted by atomic mass is 9.99. The molecule has 0 bridgehead atoms. The summed E-state index contributed by atoms with van der Waals surface area (Å²) in [6, 6.07) is 11.6. The molecular formula is C23H31N5O3. The topological polar surface area (TPSA) is 79.2 Å². The number of carbonyl (C=O) groups excluding carboxylic acids is 2. The zero-order valence-electron chi connectivity index (χ0n) is 18.7. The molecule has 2 heterocycles. The van der Waals surface area contributed by atoms with E-state index in [1.54, 1.807) is 7.11 Å². The van der Waals surface area contributed by atoms with Crippen molar-refractivity contribution in [3.8, 4) is 0 Å². The Morgan fingerprint density at radius 3 is 2.61 bits per heavy atom. The maximum atomic E-state index is 13.3. The number of methoxy groups -OCH3 is 1. The fourth-order valence-electron chi connectivity index (χ4n) is 3.66. The Labute approximate surface area is 183 Å². The molecule has 31 heavy (non-hydrogen) atoms. The van der Waals surface area contributed by atoms with E-state index in [0.29, 0.717) is 26.1 Å². The van der Waals surface area contributed by atoms with Crippen LogP contribution >= 0.6 is 0 Å². The van der Waals surface area contributed by atoms with Crippen molar-refractivity contribution >= 4 is 17.6 Å². The first-order valence-electron chi connectivity index (χ1n) is 10.5. The highest BCUT2D eigenvalue weighted by Crippen LogP contribution is 2.33. The summed E-state index contributed by atoms with van der Waals surface area (Å²) in [7, 11) is 3.53. The highest BCUT2D eigenvalue weighted by Gasteiger charge is 2.34. The number of hydrogen-bond acceptors (Lipinski definition) is 4. The largest absolute Gasteiger partial charge is 0.383 e. The second-order valence-corrected chi connectivity index (χ2v) is 7.67. The van der Waals surface area contributed by atoms with Crippen molar-refractivity contribution in [1.29, 1.82) is 0 Å². The van der Waals surface area contributed by atoms with Crippen LogP contribution in [0.25, 0.3) is 0 Å². The highest BCUT2D eigenvalue weighted by atomic mass is 16.5. The van der Waals surface area contributed by atoms with Gasteiger partial charge in [-0.2, -0.15) is 5.10 Å². The molecule has 8 heteroatoms. The Morgan fingerprint density at radius 2 is 2.00 bits per heavy atom. The fourth-order valence-corrected chi connectivity index (χ4v) is 3.66. The second kappa shape index (κ2) is 10.3. The number of amides is 3. The van der Waals surface area contributed by atoms with Gasteiger partial charge in [-0.3, -0.25) is 4.79 Å². The van der Waals surface area contributed by atoms with E-state index in [9.17, 15) is 9.59 Å². The summed E-state index contributed by atoms with van der Waals surface area (Å²) < 4.78 is 7.11. The van der Waals surface area contributed by atoms with Gasteiger partial charge < -0.3 is 19.5 Å². The Morgan fingerprint density at radius 1 is 1.26 bits per heavy atom. The van der Waals surface area contributed by atoms with Gasteiger partial charge in [0.05, 0.1) is 24.1 Å². The zero-order valence-corrected chi connectivity index (χ0v) is 18.7. The van der Waals surface area contributed by atoms with Gasteiger partial charge >= 0.3 is 6.03 Å². The van der Waals surface area contributed by atoms with Gasteiger partial charge in [0.25, 0.3) is 5.91 Å². The van der Waals surface area contributed by atoms with E-state index in [0.717, 1.165) is 22.5 Å². The number of nitrogens with zero attached hydrogens (tertiary/aromatic N) is 4. The molecule has 8 nitrogen and oxygen atoms in total. The van der Waals surface area contributed by atoms with E-state index < -0.39 is 0 Å². The van der Waals surface area contributed by atoms with E-state index in [4.69, 9.17) is 9.84 Å². The quantitative estimate of drug-likeness (QED) is 0.706. The monoisotopic (exact) mass is 425 g/mol. The van der Waals surface area contributed by atoms with Crippen LogP contribution in [-0.4, -0.2) is 65.5 Å². The zero-order chi connectivity index (χ0) is 22.4. The molecule has 0 spiro atoms. The van der Waals surface area contributed by atoms with Crippen LogP contribution < -0.4 is 5.32 Å². The van der Waals surface area contributed by atoms with Crippen LogP contribution in [-0.2, 0) is 16.6 Å². The van der Waals surface area contributed by atoms with E-state index >= 15 is 0 Å². The van der Waals surface area contributed by atoms with E-state index in [1.807, 2.05) is 68.1 Å². The van der Waals surface area contributed by atoms with Gasteiger partial charge in [0, 0.05) is 39.9 Å². The summed E-state index contributed by atoms with van der Waals surface area (Å²) in [5.74, 6) is -0.225. The number of aromatic nitrogens is 1. The summed E-state index contributed by atoms with van der Waals surface area (Å²) in [5, 5.41) is 8.99. The first-order chi connectivity index (χ1) is 14.9.